The molecule has 0 aromatic carbocycles. The largest absolute Gasteiger partial charge is 0.469 e. The van der Waals surface area contributed by atoms with Gasteiger partial charge >= 0.3 is 5.97 Å². The molecule has 58 valence electrons. The summed E-state index contributed by atoms with van der Waals surface area (Å²) in [6.07, 6.45) is 1.96. The molecule has 0 aliphatic carbocycles. The third kappa shape index (κ3) is 1.70. The molecule has 0 bridgehead atoms. The van der Waals surface area contributed by atoms with E-state index in [0.717, 1.165) is 25.9 Å². The highest BCUT2D eigenvalue weighted by molar-refractivity contribution is 5.72. The smallest absolute Gasteiger partial charge is 0.309 e. The number of nitrogens with two attached hydrogens (primary N) is 1. The molecule has 0 aromatic rings. The molecule has 1 rings (SSSR count). The molecule has 0 saturated carbocycles. The minimum atomic E-state index is -0.0342. The van der Waals surface area contributed by atoms with Gasteiger partial charge in [0.25, 0.3) is 0 Å². The van der Waals surface area contributed by atoms with E-state index in [1.807, 2.05) is 0 Å². The number of carbonyl (C=O) groups excluding carboxylic acids is 1. The van der Waals surface area contributed by atoms with Crippen LogP contribution in [-0.4, -0.2) is 26.2 Å². The molecule has 0 unspecified atom stereocenters. The molecule has 0 amide bonds. The van der Waals surface area contributed by atoms with Crippen LogP contribution in [0, 0.1) is 5.92 Å². The van der Waals surface area contributed by atoms with Crippen molar-refractivity contribution in [2.45, 2.75) is 12.8 Å². The highest BCUT2D eigenvalue weighted by Gasteiger charge is 2.22. The molecular formula is C7H14NO2+. The molecule has 1 aliphatic rings. The average molecular weight is 144 g/mol. The van der Waals surface area contributed by atoms with Crippen molar-refractivity contribution in [3.8, 4) is 0 Å². The first-order chi connectivity index (χ1) is 4.84. The molecule has 2 N–H and O–H groups in total. The summed E-state index contributed by atoms with van der Waals surface area (Å²) in [7, 11) is 1.46. The van der Waals surface area contributed by atoms with Gasteiger partial charge in [-0.2, -0.15) is 0 Å². The number of carbonyl (C=O) groups is 1. The van der Waals surface area contributed by atoms with Crippen LogP contribution in [0.4, 0.5) is 0 Å². The molecule has 0 radical (unpaired) electrons. The van der Waals surface area contributed by atoms with Gasteiger partial charge in [0.15, 0.2) is 0 Å². The van der Waals surface area contributed by atoms with Crippen LogP contribution in [0.5, 0.6) is 0 Å². The van der Waals surface area contributed by atoms with Gasteiger partial charge in [-0.3, -0.25) is 4.79 Å². The van der Waals surface area contributed by atoms with Gasteiger partial charge in [0.05, 0.1) is 26.1 Å². The van der Waals surface area contributed by atoms with E-state index in [1.165, 1.54) is 7.11 Å². The topological polar surface area (TPSA) is 42.9 Å². The van der Waals surface area contributed by atoms with Gasteiger partial charge in [0.2, 0.25) is 0 Å². The van der Waals surface area contributed by atoms with Crippen molar-refractivity contribution in [2.75, 3.05) is 20.2 Å². The minimum Gasteiger partial charge on any atom is -0.469 e. The Morgan fingerprint density at radius 1 is 1.50 bits per heavy atom. The second-order valence-corrected chi connectivity index (χ2v) is 2.66. The van der Waals surface area contributed by atoms with Crippen molar-refractivity contribution in [1.29, 1.82) is 0 Å². The zero-order valence-electron chi connectivity index (χ0n) is 6.30. The molecule has 1 heterocycles. The third-order valence-electron chi connectivity index (χ3n) is 1.97. The predicted octanol–water partition coefficient (Wildman–Crippen LogP) is -0.867. The number of ether oxygens (including phenoxy) is 1. The van der Waals surface area contributed by atoms with E-state index in [2.05, 4.69) is 10.1 Å². The first-order valence-corrected chi connectivity index (χ1v) is 3.74. The van der Waals surface area contributed by atoms with Gasteiger partial charge in [-0.15, -0.1) is 0 Å². The molecule has 1 aliphatic heterocycles. The van der Waals surface area contributed by atoms with Gasteiger partial charge in [-0.25, -0.2) is 0 Å². The van der Waals surface area contributed by atoms with Gasteiger partial charge in [0, 0.05) is 12.8 Å². The van der Waals surface area contributed by atoms with Crippen LogP contribution >= 0.6 is 0 Å². The van der Waals surface area contributed by atoms with Crippen LogP contribution in [0.3, 0.4) is 0 Å². The molecule has 1 fully saturated rings. The second-order valence-electron chi connectivity index (χ2n) is 2.66. The number of hydrogen-bond acceptors (Lipinski definition) is 2. The van der Waals surface area contributed by atoms with E-state index in [4.69, 9.17) is 0 Å². The maximum atomic E-state index is 10.9. The van der Waals surface area contributed by atoms with Gasteiger partial charge in [-0.1, -0.05) is 0 Å². The Hall–Kier alpha value is -0.570. The Bertz CT molecular complexity index is 119. The first-order valence-electron chi connectivity index (χ1n) is 3.74. The summed E-state index contributed by atoms with van der Waals surface area (Å²) in [5, 5.41) is 2.24. The van der Waals surface area contributed by atoms with Crippen molar-refractivity contribution in [2.24, 2.45) is 5.92 Å². The second kappa shape index (κ2) is 3.56. The van der Waals surface area contributed by atoms with Gasteiger partial charge < -0.3 is 10.1 Å². The van der Waals surface area contributed by atoms with Crippen molar-refractivity contribution >= 4 is 5.97 Å². The summed E-state index contributed by atoms with van der Waals surface area (Å²) in [6.45, 7) is 2.14. The highest BCUT2D eigenvalue weighted by atomic mass is 16.5. The zero-order valence-corrected chi connectivity index (χ0v) is 6.30. The standard InChI is InChI=1S/C7H13NO2/c1-10-7(9)6-2-4-8-5-3-6/h6,8H,2-5H2,1H3/p+1. The van der Waals surface area contributed by atoms with Crippen LogP contribution < -0.4 is 5.32 Å². The summed E-state index contributed by atoms with van der Waals surface area (Å²) in [4.78, 5) is 10.9. The van der Waals surface area contributed by atoms with Crippen LogP contribution in [0.1, 0.15) is 12.8 Å². The Morgan fingerprint density at radius 3 is 2.60 bits per heavy atom. The molecule has 3 heteroatoms. The summed E-state index contributed by atoms with van der Waals surface area (Å²) in [5.74, 6) is 0.142. The van der Waals surface area contributed by atoms with Crippen LogP contribution in [0.25, 0.3) is 0 Å². The SMILES string of the molecule is COC(=O)C1CC[NH2+]CC1. The molecule has 1 saturated heterocycles. The first kappa shape index (κ1) is 7.54. The van der Waals surface area contributed by atoms with E-state index in [1.54, 1.807) is 0 Å². The number of methoxy groups -OCH3 is 1. The van der Waals surface area contributed by atoms with E-state index in [9.17, 15) is 4.79 Å². The fraction of sp³-hybridized carbons (Fsp3) is 0.857. The lowest BCUT2D eigenvalue weighted by atomic mass is 9.99. The van der Waals surface area contributed by atoms with Crippen LogP contribution in [-0.2, 0) is 9.53 Å². The normalized spacial score (nSPS) is 20.5. The Balaban J connectivity index is 2.31. The fourth-order valence-corrected chi connectivity index (χ4v) is 1.33. The number of rotatable bonds is 1. The Morgan fingerprint density at radius 2 is 2.10 bits per heavy atom. The third-order valence-corrected chi connectivity index (χ3v) is 1.97. The molecule has 0 spiro atoms. The Labute approximate surface area is 60.7 Å². The van der Waals surface area contributed by atoms with Crippen molar-refractivity contribution < 1.29 is 14.8 Å². The summed E-state index contributed by atoms with van der Waals surface area (Å²) < 4.78 is 4.64. The van der Waals surface area contributed by atoms with E-state index < -0.39 is 0 Å². The lowest BCUT2D eigenvalue weighted by Crippen LogP contribution is -2.86. The lowest BCUT2D eigenvalue weighted by Gasteiger charge is -2.17. The Kier molecular flexibility index (Phi) is 2.68. The average Bonchev–Trinajstić information content (AvgIpc) is 2.05. The van der Waals surface area contributed by atoms with E-state index >= 15 is 0 Å². The van der Waals surface area contributed by atoms with Crippen LogP contribution in [0.2, 0.25) is 0 Å². The molecular weight excluding hydrogens is 130 g/mol. The maximum Gasteiger partial charge on any atom is 0.309 e. The van der Waals surface area contributed by atoms with Crippen molar-refractivity contribution in [1.82, 2.24) is 0 Å². The van der Waals surface area contributed by atoms with Crippen molar-refractivity contribution in [3.63, 3.8) is 0 Å². The quantitative estimate of drug-likeness (QED) is 0.486. The number of piperidine rings is 1. The van der Waals surface area contributed by atoms with Gasteiger partial charge in [0.1, 0.15) is 0 Å². The summed E-state index contributed by atoms with van der Waals surface area (Å²) >= 11 is 0. The van der Waals surface area contributed by atoms with Crippen LogP contribution in [0.15, 0.2) is 0 Å². The van der Waals surface area contributed by atoms with Gasteiger partial charge in [-0.05, 0) is 0 Å². The maximum absolute atomic E-state index is 10.9. The van der Waals surface area contributed by atoms with Crippen molar-refractivity contribution in [3.05, 3.63) is 0 Å². The minimum absolute atomic E-state index is 0.0342. The van der Waals surface area contributed by atoms with E-state index in [-0.39, 0.29) is 11.9 Å². The molecule has 0 atom stereocenters. The monoisotopic (exact) mass is 144 g/mol. The predicted molar refractivity (Wildman–Crippen MR) is 36.4 cm³/mol. The number of quaternary nitrogens is 1. The molecule has 10 heavy (non-hydrogen) atoms. The number of esters is 1. The highest BCUT2D eigenvalue weighted by Crippen LogP contribution is 2.09. The summed E-state index contributed by atoms with van der Waals surface area (Å²) in [5.41, 5.74) is 0. The molecule has 0 aromatic heterocycles. The number of hydrogen-bond donors (Lipinski definition) is 1. The molecule has 3 nitrogen and oxygen atoms in total. The zero-order chi connectivity index (χ0) is 7.40. The summed E-state index contributed by atoms with van der Waals surface area (Å²) in [6, 6.07) is 0. The fourth-order valence-electron chi connectivity index (χ4n) is 1.33. The lowest BCUT2D eigenvalue weighted by molar-refractivity contribution is -0.664. The van der Waals surface area contributed by atoms with E-state index in [0.29, 0.717) is 0 Å².